The lowest BCUT2D eigenvalue weighted by Gasteiger charge is -2.30. The molecule has 1 aromatic carbocycles. The maximum atomic E-state index is 13.6. The third-order valence-electron chi connectivity index (χ3n) is 4.73. The number of benzene rings is 1. The van der Waals surface area contributed by atoms with E-state index in [1.165, 1.54) is 6.07 Å². The zero-order valence-electron chi connectivity index (χ0n) is 15.0. The van der Waals surface area contributed by atoms with Gasteiger partial charge in [-0.05, 0) is 51.8 Å². The summed E-state index contributed by atoms with van der Waals surface area (Å²) >= 11 is 0. The average molecular weight is 368 g/mol. The Hall–Kier alpha value is -2.02. The molecule has 2 atom stereocenters. The number of nitrogens with zero attached hydrogens (tertiary/aromatic N) is 2. The monoisotopic (exact) mass is 368 g/mol. The van der Waals surface area contributed by atoms with Gasteiger partial charge in [0.2, 0.25) is 5.88 Å². The van der Waals surface area contributed by atoms with Crippen LogP contribution in [0.15, 0.2) is 24.3 Å². The minimum absolute atomic E-state index is 0.0199. The number of alkyl halides is 3. The predicted molar refractivity (Wildman–Crippen MR) is 94.6 cm³/mol. The Morgan fingerprint density at radius 1 is 1.27 bits per heavy atom. The molecule has 0 bridgehead atoms. The van der Waals surface area contributed by atoms with E-state index < -0.39 is 11.7 Å². The van der Waals surface area contributed by atoms with Crippen LogP contribution < -0.4 is 9.64 Å². The molecular weight excluding hydrogens is 345 g/mol. The molecule has 0 unspecified atom stereocenters. The van der Waals surface area contributed by atoms with Gasteiger partial charge in [-0.25, -0.2) is 4.98 Å². The number of rotatable bonds is 4. The second-order valence-corrected chi connectivity index (χ2v) is 7.04. The minimum atomic E-state index is -4.51. The van der Waals surface area contributed by atoms with Crippen LogP contribution in [0, 0.1) is 0 Å². The van der Waals surface area contributed by atoms with Crippen molar-refractivity contribution in [3.8, 4) is 5.88 Å². The lowest BCUT2D eigenvalue weighted by Crippen LogP contribution is -2.36. The van der Waals surface area contributed by atoms with E-state index in [2.05, 4.69) is 4.98 Å². The number of ether oxygens (including phenoxy) is 1. The van der Waals surface area contributed by atoms with Crippen LogP contribution in [-0.4, -0.2) is 34.9 Å². The summed E-state index contributed by atoms with van der Waals surface area (Å²) in [5, 5.41) is 9.63. The SMILES string of the molecule is CC(C)Oc1cc(C(F)(F)F)c2cc(N3[C@@H](CO)CC[C@H]3C)ccc2n1. The van der Waals surface area contributed by atoms with Crippen LogP contribution in [0.1, 0.15) is 39.2 Å². The molecule has 26 heavy (non-hydrogen) atoms. The van der Waals surface area contributed by atoms with Crippen molar-refractivity contribution in [1.29, 1.82) is 0 Å². The molecule has 0 amide bonds. The smallest absolute Gasteiger partial charge is 0.417 e. The number of aromatic nitrogens is 1. The zero-order chi connectivity index (χ0) is 19.1. The number of hydrogen-bond acceptors (Lipinski definition) is 4. The van der Waals surface area contributed by atoms with E-state index in [1.54, 1.807) is 26.0 Å². The van der Waals surface area contributed by atoms with E-state index in [0.717, 1.165) is 18.9 Å². The number of anilines is 1. The number of aliphatic hydroxyl groups is 1. The largest absolute Gasteiger partial charge is 0.475 e. The molecule has 0 radical (unpaired) electrons. The second kappa shape index (κ2) is 6.95. The quantitative estimate of drug-likeness (QED) is 0.869. The summed E-state index contributed by atoms with van der Waals surface area (Å²) in [6.45, 7) is 5.48. The molecule has 1 fully saturated rings. The summed E-state index contributed by atoms with van der Waals surface area (Å²) in [4.78, 5) is 6.22. The summed E-state index contributed by atoms with van der Waals surface area (Å²) in [7, 11) is 0. The van der Waals surface area contributed by atoms with Crippen LogP contribution in [0.25, 0.3) is 10.9 Å². The molecule has 0 aliphatic carbocycles. The van der Waals surface area contributed by atoms with Crippen LogP contribution in [0.2, 0.25) is 0 Å². The van der Waals surface area contributed by atoms with Crippen molar-refractivity contribution in [2.45, 2.75) is 58.0 Å². The van der Waals surface area contributed by atoms with E-state index in [-0.39, 0.29) is 41.6 Å². The highest BCUT2D eigenvalue weighted by Gasteiger charge is 2.35. The lowest BCUT2D eigenvalue weighted by atomic mass is 10.1. The third-order valence-corrected chi connectivity index (χ3v) is 4.73. The van der Waals surface area contributed by atoms with Crippen LogP contribution in [0.4, 0.5) is 18.9 Å². The van der Waals surface area contributed by atoms with Crippen LogP contribution in [0.3, 0.4) is 0 Å². The Kier molecular flexibility index (Phi) is 5.01. The standard InChI is InChI=1S/C19H23F3N2O2/c1-11(2)26-18-9-16(19(20,21)22)15-8-13(6-7-17(15)23-18)24-12(3)4-5-14(24)10-25/h6-9,11-12,14,25H,4-5,10H2,1-3H3/t12-,14-/m1/s1. The van der Waals surface area contributed by atoms with Crippen molar-refractivity contribution in [2.24, 2.45) is 0 Å². The molecule has 1 aliphatic heterocycles. The molecule has 4 nitrogen and oxygen atoms in total. The number of pyridine rings is 1. The first kappa shape index (κ1) is 18.8. The number of hydrogen-bond donors (Lipinski definition) is 1. The highest BCUT2D eigenvalue weighted by molar-refractivity contribution is 5.87. The first-order valence-electron chi connectivity index (χ1n) is 8.78. The molecule has 3 rings (SSSR count). The molecule has 1 N–H and O–H groups in total. The highest BCUT2D eigenvalue weighted by atomic mass is 19.4. The summed E-state index contributed by atoms with van der Waals surface area (Å²) in [6, 6.07) is 5.92. The van der Waals surface area contributed by atoms with Crippen molar-refractivity contribution in [3.63, 3.8) is 0 Å². The first-order chi connectivity index (χ1) is 12.2. The van der Waals surface area contributed by atoms with Crippen molar-refractivity contribution in [2.75, 3.05) is 11.5 Å². The van der Waals surface area contributed by atoms with Crippen molar-refractivity contribution in [1.82, 2.24) is 4.98 Å². The van der Waals surface area contributed by atoms with Gasteiger partial charge in [0.25, 0.3) is 0 Å². The molecule has 1 aromatic heterocycles. The van der Waals surface area contributed by atoms with Gasteiger partial charge >= 0.3 is 6.18 Å². The van der Waals surface area contributed by atoms with E-state index >= 15 is 0 Å². The number of fused-ring (bicyclic) bond motifs is 1. The zero-order valence-corrected chi connectivity index (χ0v) is 15.0. The molecule has 7 heteroatoms. The summed E-state index contributed by atoms with van der Waals surface area (Å²) in [6.07, 6.45) is -3.06. The third kappa shape index (κ3) is 3.58. The minimum Gasteiger partial charge on any atom is -0.475 e. The summed E-state index contributed by atoms with van der Waals surface area (Å²) in [5.41, 5.74) is 0.158. The molecule has 0 spiro atoms. The highest BCUT2D eigenvalue weighted by Crippen LogP contribution is 2.39. The van der Waals surface area contributed by atoms with Gasteiger partial charge in [-0.1, -0.05) is 0 Å². The first-order valence-corrected chi connectivity index (χ1v) is 8.78. The average Bonchev–Trinajstić information content (AvgIpc) is 2.93. The van der Waals surface area contributed by atoms with Gasteiger partial charge in [-0.15, -0.1) is 0 Å². The van der Waals surface area contributed by atoms with Gasteiger partial charge < -0.3 is 14.7 Å². The molecule has 2 heterocycles. The fraction of sp³-hybridized carbons (Fsp3) is 0.526. The Morgan fingerprint density at radius 3 is 2.62 bits per heavy atom. The number of aliphatic hydroxyl groups excluding tert-OH is 1. The van der Waals surface area contributed by atoms with Crippen LogP contribution in [-0.2, 0) is 6.18 Å². The van der Waals surface area contributed by atoms with Gasteiger partial charge in [0.05, 0.1) is 29.8 Å². The van der Waals surface area contributed by atoms with E-state index in [0.29, 0.717) is 5.69 Å². The van der Waals surface area contributed by atoms with Gasteiger partial charge in [-0.3, -0.25) is 0 Å². The van der Waals surface area contributed by atoms with Gasteiger partial charge in [0, 0.05) is 23.2 Å². The maximum absolute atomic E-state index is 13.6. The summed E-state index contributed by atoms with van der Waals surface area (Å²) < 4.78 is 46.3. The Labute approximate surface area is 150 Å². The van der Waals surface area contributed by atoms with Crippen molar-refractivity contribution < 1.29 is 23.0 Å². The molecule has 1 saturated heterocycles. The number of halogens is 3. The molecular formula is C19H23F3N2O2. The van der Waals surface area contributed by atoms with Crippen LogP contribution >= 0.6 is 0 Å². The Morgan fingerprint density at radius 2 is 2.00 bits per heavy atom. The van der Waals surface area contributed by atoms with E-state index in [4.69, 9.17) is 4.74 Å². The topological polar surface area (TPSA) is 45.6 Å². The van der Waals surface area contributed by atoms with Gasteiger partial charge in [0.1, 0.15) is 0 Å². The van der Waals surface area contributed by atoms with Gasteiger partial charge in [0.15, 0.2) is 0 Å². The lowest BCUT2D eigenvalue weighted by molar-refractivity contribution is -0.136. The summed E-state index contributed by atoms with van der Waals surface area (Å²) in [5.74, 6) is -0.0321. The molecule has 2 aromatic rings. The molecule has 1 aliphatic rings. The Bertz CT molecular complexity index is 792. The van der Waals surface area contributed by atoms with Crippen LogP contribution in [0.5, 0.6) is 5.88 Å². The van der Waals surface area contributed by atoms with Gasteiger partial charge in [-0.2, -0.15) is 13.2 Å². The van der Waals surface area contributed by atoms with Crippen molar-refractivity contribution in [3.05, 3.63) is 29.8 Å². The fourth-order valence-electron chi connectivity index (χ4n) is 3.60. The normalized spacial score (nSPS) is 21.0. The van der Waals surface area contributed by atoms with Crippen molar-refractivity contribution >= 4 is 16.6 Å². The predicted octanol–water partition coefficient (Wildman–Crippen LogP) is 4.39. The Balaban J connectivity index is 2.13. The molecule has 142 valence electrons. The molecule has 0 saturated carbocycles. The fourth-order valence-corrected chi connectivity index (χ4v) is 3.60. The van der Waals surface area contributed by atoms with E-state index in [1.807, 2.05) is 11.8 Å². The van der Waals surface area contributed by atoms with E-state index in [9.17, 15) is 18.3 Å². The maximum Gasteiger partial charge on any atom is 0.417 e. The second-order valence-electron chi connectivity index (χ2n) is 7.04.